The van der Waals surface area contributed by atoms with E-state index in [4.69, 9.17) is 4.74 Å². The largest absolute Gasteiger partial charge is 0.497 e. The van der Waals surface area contributed by atoms with Crippen molar-refractivity contribution < 1.29 is 9.53 Å². The molecule has 0 aromatic heterocycles. The Hall–Kier alpha value is -2.43. The lowest BCUT2D eigenvalue weighted by atomic mass is 10.1. The van der Waals surface area contributed by atoms with Crippen LogP contribution in [0.15, 0.2) is 52.5 Å². The summed E-state index contributed by atoms with van der Waals surface area (Å²) in [7, 11) is 1.65. The maximum atomic E-state index is 11.5. The van der Waals surface area contributed by atoms with Crippen LogP contribution in [-0.2, 0) is 17.9 Å². The minimum atomic E-state index is -0.369. The molecule has 0 atom stereocenters. The first-order valence-corrected chi connectivity index (χ1v) is 5.94. The van der Waals surface area contributed by atoms with Crippen molar-refractivity contribution in [3.05, 3.63) is 53.4 Å². The fourth-order valence-corrected chi connectivity index (χ4v) is 2.32. The first-order chi connectivity index (χ1) is 9.19. The molecule has 3 rings (SSSR count). The molecule has 0 aliphatic carbocycles. The van der Waals surface area contributed by atoms with E-state index in [9.17, 15) is 4.79 Å². The molecule has 0 fully saturated rings. The van der Waals surface area contributed by atoms with E-state index in [-0.39, 0.29) is 5.91 Å². The van der Waals surface area contributed by atoms with E-state index in [0.717, 1.165) is 24.5 Å². The first kappa shape index (κ1) is 11.6. The minimum Gasteiger partial charge on any atom is -0.497 e. The van der Waals surface area contributed by atoms with Crippen LogP contribution in [0, 0.1) is 0 Å². The Morgan fingerprint density at radius 3 is 2.89 bits per heavy atom. The van der Waals surface area contributed by atoms with Crippen molar-refractivity contribution in [2.45, 2.75) is 13.1 Å². The van der Waals surface area contributed by atoms with Gasteiger partial charge in [0.1, 0.15) is 5.75 Å². The van der Waals surface area contributed by atoms with Crippen LogP contribution < -0.4 is 4.74 Å². The van der Waals surface area contributed by atoms with Gasteiger partial charge in [-0.3, -0.25) is 4.79 Å². The van der Waals surface area contributed by atoms with Gasteiger partial charge in [-0.1, -0.05) is 12.6 Å². The third-order valence-corrected chi connectivity index (χ3v) is 3.37. The van der Waals surface area contributed by atoms with Gasteiger partial charge in [0.25, 0.3) is 5.91 Å². The van der Waals surface area contributed by atoms with E-state index in [1.165, 1.54) is 11.1 Å². The average molecular weight is 255 g/mol. The van der Waals surface area contributed by atoms with E-state index in [1.807, 2.05) is 18.2 Å². The van der Waals surface area contributed by atoms with Gasteiger partial charge in [-0.2, -0.15) is 5.11 Å². The molecule has 1 amide bonds. The molecule has 5 heteroatoms. The topological polar surface area (TPSA) is 54.3 Å². The zero-order chi connectivity index (χ0) is 13.4. The van der Waals surface area contributed by atoms with Gasteiger partial charge >= 0.3 is 0 Å². The fraction of sp³-hybridized carbons (Fsp3) is 0.214. The summed E-state index contributed by atoms with van der Waals surface area (Å²) < 4.78 is 5.22. The highest BCUT2D eigenvalue weighted by atomic mass is 16.5. The Morgan fingerprint density at radius 1 is 1.32 bits per heavy atom. The number of carbonyl (C=O) groups is 1. The summed E-state index contributed by atoms with van der Waals surface area (Å²) >= 11 is 0. The fourth-order valence-electron chi connectivity index (χ4n) is 2.32. The van der Waals surface area contributed by atoms with Crippen molar-refractivity contribution in [2.24, 2.45) is 10.2 Å². The summed E-state index contributed by atoms with van der Waals surface area (Å²) in [4.78, 5) is 13.6. The maximum absolute atomic E-state index is 11.5. The van der Waals surface area contributed by atoms with E-state index in [0.29, 0.717) is 5.57 Å². The van der Waals surface area contributed by atoms with Gasteiger partial charge in [-0.05, 0) is 23.3 Å². The van der Waals surface area contributed by atoms with Gasteiger partial charge in [0, 0.05) is 13.1 Å². The van der Waals surface area contributed by atoms with Crippen molar-refractivity contribution in [1.82, 2.24) is 4.90 Å². The molecule has 5 nitrogen and oxygen atoms in total. The van der Waals surface area contributed by atoms with Crippen LogP contribution in [0.5, 0.6) is 5.75 Å². The third kappa shape index (κ3) is 1.93. The summed E-state index contributed by atoms with van der Waals surface area (Å²) in [5, 5.41) is 7.19. The lowest BCUT2D eigenvalue weighted by molar-refractivity contribution is -0.114. The first-order valence-electron chi connectivity index (χ1n) is 5.94. The standard InChI is InChI=1S/C14H13N3O2/c1-9-13(6-15-16-14(9)18)17-7-10-3-4-12(19-2)5-11(10)8-17/h3-6H,1,7-8H2,2H3. The Balaban J connectivity index is 1.88. The average Bonchev–Trinajstić information content (AvgIpc) is 2.84. The zero-order valence-electron chi connectivity index (χ0n) is 10.6. The van der Waals surface area contributed by atoms with Crippen molar-refractivity contribution in [3.8, 4) is 5.75 Å². The molecule has 2 aliphatic heterocycles. The smallest absolute Gasteiger partial charge is 0.296 e. The second-order valence-corrected chi connectivity index (χ2v) is 4.50. The molecule has 2 heterocycles. The number of nitrogens with zero attached hydrogens (tertiary/aromatic N) is 3. The molecule has 1 aromatic carbocycles. The molecule has 19 heavy (non-hydrogen) atoms. The second-order valence-electron chi connectivity index (χ2n) is 4.50. The van der Waals surface area contributed by atoms with Crippen LogP contribution in [0.3, 0.4) is 0 Å². The molecule has 0 saturated heterocycles. The molecule has 0 saturated carbocycles. The van der Waals surface area contributed by atoms with Gasteiger partial charge in [-0.15, -0.1) is 5.11 Å². The molecule has 0 radical (unpaired) electrons. The predicted octanol–water partition coefficient (Wildman–Crippen LogP) is 2.40. The zero-order valence-corrected chi connectivity index (χ0v) is 10.6. The van der Waals surface area contributed by atoms with E-state index < -0.39 is 0 Å². The van der Waals surface area contributed by atoms with Crippen molar-refractivity contribution in [3.63, 3.8) is 0 Å². The highest BCUT2D eigenvalue weighted by Gasteiger charge is 2.26. The molecule has 0 bridgehead atoms. The number of ether oxygens (including phenoxy) is 1. The minimum absolute atomic E-state index is 0.369. The van der Waals surface area contributed by atoms with E-state index >= 15 is 0 Å². The normalized spacial score (nSPS) is 17.5. The van der Waals surface area contributed by atoms with E-state index in [1.54, 1.807) is 13.3 Å². The van der Waals surface area contributed by atoms with Gasteiger partial charge < -0.3 is 9.64 Å². The van der Waals surface area contributed by atoms with Crippen LogP contribution in [0.1, 0.15) is 11.1 Å². The van der Waals surface area contributed by atoms with Crippen LogP contribution >= 0.6 is 0 Å². The Labute approximate surface area is 110 Å². The van der Waals surface area contributed by atoms with Crippen molar-refractivity contribution in [2.75, 3.05) is 7.11 Å². The SMILES string of the molecule is C=C1C(=O)N=NC=C1N1Cc2ccc(OC)cc2C1. The number of amides is 1. The summed E-state index contributed by atoms with van der Waals surface area (Å²) in [5.74, 6) is 0.471. The summed E-state index contributed by atoms with van der Waals surface area (Å²) in [5.41, 5.74) is 3.57. The Kier molecular flexibility index (Phi) is 2.67. The summed E-state index contributed by atoms with van der Waals surface area (Å²) in [6.45, 7) is 5.25. The van der Waals surface area contributed by atoms with Crippen LogP contribution in [0.4, 0.5) is 0 Å². The number of hydrogen-bond acceptors (Lipinski definition) is 4. The molecule has 0 spiro atoms. The monoisotopic (exact) mass is 255 g/mol. The van der Waals surface area contributed by atoms with Crippen LogP contribution in [0.25, 0.3) is 0 Å². The molecular formula is C14H13N3O2. The quantitative estimate of drug-likeness (QED) is 0.762. The molecule has 2 aliphatic rings. The Morgan fingerprint density at radius 2 is 2.11 bits per heavy atom. The highest BCUT2D eigenvalue weighted by molar-refractivity contribution is 5.98. The number of azo groups is 1. The molecular weight excluding hydrogens is 242 g/mol. The molecule has 1 aromatic rings. The van der Waals surface area contributed by atoms with Gasteiger partial charge in [0.15, 0.2) is 0 Å². The number of fused-ring (bicyclic) bond motifs is 1. The number of rotatable bonds is 2. The lowest BCUT2D eigenvalue weighted by Crippen LogP contribution is -2.21. The predicted molar refractivity (Wildman–Crippen MR) is 69.3 cm³/mol. The summed E-state index contributed by atoms with van der Waals surface area (Å²) in [6, 6.07) is 6.01. The van der Waals surface area contributed by atoms with E-state index in [2.05, 4.69) is 21.7 Å². The van der Waals surface area contributed by atoms with Gasteiger partial charge in [-0.25, -0.2) is 0 Å². The van der Waals surface area contributed by atoms with Crippen molar-refractivity contribution >= 4 is 5.91 Å². The number of hydrogen-bond donors (Lipinski definition) is 0. The van der Waals surface area contributed by atoms with Gasteiger partial charge in [0.05, 0.1) is 24.6 Å². The van der Waals surface area contributed by atoms with Crippen molar-refractivity contribution in [1.29, 1.82) is 0 Å². The lowest BCUT2D eigenvalue weighted by Gasteiger charge is -2.22. The number of carbonyl (C=O) groups excluding carboxylic acids is 1. The highest BCUT2D eigenvalue weighted by Crippen LogP contribution is 2.32. The second kappa shape index (κ2) is 4.35. The molecule has 96 valence electrons. The number of methoxy groups -OCH3 is 1. The molecule has 0 N–H and O–H groups in total. The van der Waals surface area contributed by atoms with Crippen LogP contribution in [0.2, 0.25) is 0 Å². The molecule has 0 unspecified atom stereocenters. The maximum Gasteiger partial charge on any atom is 0.296 e. The number of benzene rings is 1. The third-order valence-electron chi connectivity index (χ3n) is 3.37. The van der Waals surface area contributed by atoms with Gasteiger partial charge in [0.2, 0.25) is 0 Å². The Bertz CT molecular complexity index is 632. The van der Waals surface area contributed by atoms with Crippen LogP contribution in [-0.4, -0.2) is 17.9 Å². The summed E-state index contributed by atoms with van der Waals surface area (Å²) in [6.07, 6.45) is 1.59.